The zero-order valence-electron chi connectivity index (χ0n) is 25.6. The molecule has 0 bridgehead atoms. The van der Waals surface area contributed by atoms with Gasteiger partial charge in [0.1, 0.15) is 48.8 Å². The number of aliphatic hydroxyl groups is 12. The Bertz CT molecular complexity index is 856. The topological polar surface area (TPSA) is 467 Å². The average molecular weight is 925 g/mol. The Morgan fingerprint density at radius 1 is 0.467 bits per heavy atom. The maximum absolute atomic E-state index is 10.2. The van der Waals surface area contributed by atoms with Gasteiger partial charge < -0.3 is 74.3 Å². The average Bonchev–Trinajstić information content (AvgIpc) is 2.81. The molecule has 0 rings (SSSR count). The molecule has 0 saturated carbocycles. The normalized spacial score (nSPS) is 16.9. The Morgan fingerprint density at radius 3 is 0.733 bits per heavy atom. The standard InChI is InChI=1S/2C7H14O8.2K.2H2O4S.3Zn.2H/c2*8-1-2(9)3(10)4(11)5(12)6(13)7(14)15;;;2*1-5(2,3)4;;;;;/h2*2-6,8-13H,1H2,(H,14,15);;;2*(H2,1,2,3,4);;;;;/q;;2*+1;;;;;;2*-1/t2*2-,3+,4-,5-,6-;;;;;;;;;/m11........./s1. The molecular weight excluding hydrogens is 891 g/mol. The number of aliphatic carboxylic acids is 2. The molecule has 0 aliphatic heterocycles. The van der Waals surface area contributed by atoms with Crippen molar-refractivity contribution >= 4 is 32.7 Å². The van der Waals surface area contributed by atoms with Crippen molar-refractivity contribution in [3.8, 4) is 0 Å². The molecule has 0 fully saturated rings. The van der Waals surface area contributed by atoms with Crippen molar-refractivity contribution < 1.29 is 280 Å². The van der Waals surface area contributed by atoms with Gasteiger partial charge in [0.05, 0.1) is 13.2 Å². The second-order valence-corrected chi connectivity index (χ2v) is 8.70. The summed E-state index contributed by atoms with van der Waals surface area (Å²) in [6, 6.07) is 0. The van der Waals surface area contributed by atoms with E-state index in [-0.39, 0.29) is 164 Å². The van der Waals surface area contributed by atoms with Gasteiger partial charge in [-0.2, -0.15) is 16.8 Å². The van der Waals surface area contributed by atoms with Crippen LogP contribution in [0, 0.1) is 0 Å². The van der Waals surface area contributed by atoms with Crippen molar-refractivity contribution in [1.82, 2.24) is 0 Å². The summed E-state index contributed by atoms with van der Waals surface area (Å²) in [5.41, 5.74) is 0. The molecule has 0 aromatic carbocycles. The van der Waals surface area contributed by atoms with Crippen molar-refractivity contribution in [1.29, 1.82) is 0 Å². The number of carbonyl (C=O) groups is 2. The summed E-state index contributed by atoms with van der Waals surface area (Å²) >= 11 is 0. The first-order chi connectivity index (χ1) is 17.6. The zero-order valence-corrected chi connectivity index (χ0v) is 40.4. The van der Waals surface area contributed by atoms with Gasteiger partial charge in [0.2, 0.25) is 0 Å². The fourth-order valence-corrected chi connectivity index (χ4v) is 1.74. The van der Waals surface area contributed by atoms with Gasteiger partial charge in [0.15, 0.2) is 12.2 Å². The van der Waals surface area contributed by atoms with Crippen molar-refractivity contribution in [2.75, 3.05) is 13.2 Å². The molecule has 45 heavy (non-hydrogen) atoms. The summed E-state index contributed by atoms with van der Waals surface area (Å²) in [4.78, 5) is 20.4. The van der Waals surface area contributed by atoms with Crippen LogP contribution in [0.2, 0.25) is 0 Å². The summed E-state index contributed by atoms with van der Waals surface area (Å²) in [6.45, 7) is -1.76. The first-order valence-electron chi connectivity index (χ1n) is 9.53. The van der Waals surface area contributed by atoms with Crippen LogP contribution < -0.4 is 103 Å². The number of hydrogen-bond donors (Lipinski definition) is 18. The molecule has 0 unspecified atom stereocenters. The molecule has 31 heteroatoms. The van der Waals surface area contributed by atoms with Gasteiger partial charge in [-0.1, -0.05) is 0 Å². The van der Waals surface area contributed by atoms with Gasteiger partial charge in [-0.05, 0) is 0 Å². The maximum Gasteiger partial charge on any atom is 1.00 e. The Morgan fingerprint density at radius 2 is 0.622 bits per heavy atom. The molecule has 0 radical (unpaired) electrons. The summed E-state index contributed by atoms with van der Waals surface area (Å²) in [7, 11) is -9.33. The van der Waals surface area contributed by atoms with E-state index in [4.69, 9.17) is 107 Å². The van der Waals surface area contributed by atoms with Gasteiger partial charge in [0.25, 0.3) is 0 Å². The fraction of sp³-hybridized carbons (Fsp3) is 0.857. The molecule has 0 aliphatic carbocycles. The van der Waals surface area contributed by atoms with E-state index in [0.29, 0.717) is 0 Å². The molecule has 0 aromatic heterocycles. The van der Waals surface area contributed by atoms with E-state index in [1.54, 1.807) is 0 Å². The summed E-state index contributed by atoms with van der Waals surface area (Å²) in [5, 5.41) is 123. The van der Waals surface area contributed by atoms with Crippen LogP contribution in [0.25, 0.3) is 0 Å². The molecule has 24 nitrogen and oxygen atoms in total. The van der Waals surface area contributed by atoms with E-state index in [1.807, 2.05) is 0 Å². The molecule has 0 saturated heterocycles. The van der Waals surface area contributed by atoms with Crippen molar-refractivity contribution in [2.24, 2.45) is 0 Å². The van der Waals surface area contributed by atoms with E-state index >= 15 is 0 Å². The molecule has 10 atom stereocenters. The van der Waals surface area contributed by atoms with Crippen molar-refractivity contribution in [2.45, 2.75) is 61.0 Å². The zero-order chi connectivity index (χ0) is 33.3. The second-order valence-electron chi connectivity index (χ2n) is 6.91. The van der Waals surface area contributed by atoms with E-state index in [2.05, 4.69) is 0 Å². The Hall–Kier alpha value is 3.34. The van der Waals surface area contributed by atoms with E-state index in [9.17, 15) is 9.59 Å². The van der Waals surface area contributed by atoms with Crippen LogP contribution in [0.15, 0.2) is 0 Å². The molecule has 18 N–H and O–H groups in total. The molecule has 254 valence electrons. The maximum atomic E-state index is 10.2. The SMILES string of the molecule is O=C(O)[C@H](O)[C@H](O)[C@H](O)[C@@H](O)[C@H](O)CO.O=C(O)[C@H](O)[C@H](O)[C@H](O)[C@@H](O)[C@H](O)CO.O=S(=O)(O)O.O=S(=O)(O)O.[H-].[H-].[K+].[K+].[Zn].[Zn].[Zn]. The third kappa shape index (κ3) is 43.4. The van der Waals surface area contributed by atoms with Crippen LogP contribution in [-0.4, -0.2) is 193 Å². The minimum atomic E-state index is -4.67. The first kappa shape index (κ1) is 70.0. The number of hydrogen-bond acceptors (Lipinski definition) is 18. The van der Waals surface area contributed by atoms with Gasteiger partial charge >= 0.3 is 136 Å². The predicted octanol–water partition coefficient (Wildman–Crippen LogP) is -15.3. The molecule has 0 aromatic rings. The van der Waals surface area contributed by atoms with Crippen LogP contribution in [-0.2, 0) is 88.8 Å². The first-order valence-corrected chi connectivity index (χ1v) is 12.3. The Labute approximate surface area is 381 Å². The van der Waals surface area contributed by atoms with Crippen LogP contribution in [0.1, 0.15) is 2.85 Å². The smallest absolute Gasteiger partial charge is 1.00 e. The van der Waals surface area contributed by atoms with Crippen LogP contribution in [0.3, 0.4) is 0 Å². The molecular formula is C14H34K2O24S2Zn3. The van der Waals surface area contributed by atoms with Gasteiger partial charge in [-0.15, -0.1) is 0 Å². The van der Waals surface area contributed by atoms with Crippen molar-refractivity contribution in [3.05, 3.63) is 0 Å². The van der Waals surface area contributed by atoms with Crippen LogP contribution in [0.4, 0.5) is 0 Å². The molecule has 0 amide bonds. The molecule has 0 aliphatic rings. The van der Waals surface area contributed by atoms with Crippen LogP contribution >= 0.6 is 0 Å². The second kappa shape index (κ2) is 35.7. The minimum Gasteiger partial charge on any atom is -1.00 e. The third-order valence-corrected chi connectivity index (χ3v) is 3.72. The third-order valence-electron chi connectivity index (χ3n) is 3.72. The van der Waals surface area contributed by atoms with Crippen molar-refractivity contribution in [3.63, 3.8) is 0 Å². The minimum absolute atomic E-state index is 0. The number of carboxylic acid groups (broad SMARTS) is 2. The quantitative estimate of drug-likeness (QED) is 0.0638. The Balaban J connectivity index is -0.0000000426. The van der Waals surface area contributed by atoms with Crippen LogP contribution in [0.5, 0.6) is 0 Å². The number of rotatable bonds is 12. The van der Waals surface area contributed by atoms with E-state index in [1.165, 1.54) is 0 Å². The van der Waals surface area contributed by atoms with E-state index < -0.39 is 107 Å². The Kier molecular flexibility index (Phi) is 55.6. The molecule has 0 spiro atoms. The van der Waals surface area contributed by atoms with Gasteiger partial charge in [-0.25, -0.2) is 9.59 Å². The van der Waals surface area contributed by atoms with Gasteiger partial charge in [-0.3, -0.25) is 18.2 Å². The van der Waals surface area contributed by atoms with E-state index in [0.717, 1.165) is 0 Å². The largest absolute Gasteiger partial charge is 1.00 e. The monoisotopic (exact) mass is 920 g/mol. The summed E-state index contributed by atoms with van der Waals surface area (Å²) in [6.07, 6.45) is -20.5. The molecule has 0 heterocycles. The fourth-order valence-electron chi connectivity index (χ4n) is 1.74. The number of carboxylic acids is 2. The predicted molar refractivity (Wildman–Crippen MR) is 120 cm³/mol. The number of aliphatic hydroxyl groups excluding tert-OH is 12. The summed E-state index contributed by atoms with van der Waals surface area (Å²) < 4.78 is 63.2. The summed E-state index contributed by atoms with van der Waals surface area (Å²) in [5.74, 6) is -3.57. The van der Waals surface area contributed by atoms with Gasteiger partial charge in [0, 0.05) is 58.4 Å².